The average molecular weight is 196 g/mol. The van der Waals surface area contributed by atoms with Crippen LogP contribution in [0.5, 0.6) is 0 Å². The van der Waals surface area contributed by atoms with Crippen LogP contribution in [0.3, 0.4) is 0 Å². The van der Waals surface area contributed by atoms with Crippen LogP contribution in [0.2, 0.25) is 0 Å². The van der Waals surface area contributed by atoms with Gasteiger partial charge in [-0.05, 0) is 25.7 Å². The fourth-order valence-corrected chi connectivity index (χ4v) is 2.96. The second-order valence-corrected chi connectivity index (χ2v) is 4.84. The molecule has 80 valence electrons. The summed E-state index contributed by atoms with van der Waals surface area (Å²) in [5.74, 6) is 0.634. The Morgan fingerprint density at radius 3 is 2.21 bits per heavy atom. The van der Waals surface area contributed by atoms with E-state index in [-0.39, 0.29) is 17.9 Å². The molecule has 2 rings (SSSR count). The first kappa shape index (κ1) is 10.2. The number of aliphatic hydroxyl groups excluding tert-OH is 1. The van der Waals surface area contributed by atoms with E-state index in [1.54, 1.807) is 0 Å². The number of Topliss-reactive ketones (excluding diaryl/α,β-unsaturated/α-hetero) is 1. The van der Waals surface area contributed by atoms with Crippen LogP contribution < -0.4 is 0 Å². The molecule has 2 heteroatoms. The van der Waals surface area contributed by atoms with Crippen molar-refractivity contribution in [2.24, 2.45) is 11.8 Å². The smallest absolute Gasteiger partial charge is 0.141 e. The SMILES string of the molecule is O=C(C1CCCCC1)[C@@H]1CCC[C@H]1O. The van der Waals surface area contributed by atoms with Gasteiger partial charge in [0, 0.05) is 11.8 Å². The Bertz CT molecular complexity index is 206. The average Bonchev–Trinajstić information content (AvgIpc) is 2.65. The zero-order valence-corrected chi connectivity index (χ0v) is 8.74. The first-order chi connectivity index (χ1) is 6.79. The molecule has 2 aliphatic rings. The Labute approximate surface area is 85.7 Å². The predicted octanol–water partition coefficient (Wildman–Crippen LogP) is 2.30. The van der Waals surface area contributed by atoms with Crippen LogP contribution >= 0.6 is 0 Å². The molecule has 0 saturated heterocycles. The van der Waals surface area contributed by atoms with Gasteiger partial charge >= 0.3 is 0 Å². The van der Waals surface area contributed by atoms with E-state index in [0.29, 0.717) is 5.78 Å². The molecule has 14 heavy (non-hydrogen) atoms. The Morgan fingerprint density at radius 2 is 1.64 bits per heavy atom. The molecule has 2 saturated carbocycles. The molecule has 1 N–H and O–H groups in total. The van der Waals surface area contributed by atoms with Crippen molar-refractivity contribution in [2.45, 2.75) is 57.5 Å². The lowest BCUT2D eigenvalue weighted by Crippen LogP contribution is -2.30. The Morgan fingerprint density at radius 1 is 0.929 bits per heavy atom. The molecular formula is C12H20O2. The zero-order chi connectivity index (χ0) is 9.97. The summed E-state index contributed by atoms with van der Waals surface area (Å²) in [4.78, 5) is 12.1. The summed E-state index contributed by atoms with van der Waals surface area (Å²) in [7, 11) is 0. The second kappa shape index (κ2) is 4.43. The standard InChI is InChI=1S/C12H20O2/c13-11-8-4-7-10(11)12(14)9-5-2-1-3-6-9/h9-11,13H,1-8H2/t10-,11-/m1/s1. The number of hydrogen-bond acceptors (Lipinski definition) is 2. The highest BCUT2D eigenvalue weighted by Crippen LogP contribution is 2.33. The van der Waals surface area contributed by atoms with E-state index in [0.717, 1.165) is 32.1 Å². The second-order valence-electron chi connectivity index (χ2n) is 4.84. The quantitative estimate of drug-likeness (QED) is 0.735. The lowest BCUT2D eigenvalue weighted by molar-refractivity contribution is -0.130. The van der Waals surface area contributed by atoms with Gasteiger partial charge in [-0.2, -0.15) is 0 Å². The maximum atomic E-state index is 12.1. The molecule has 0 spiro atoms. The van der Waals surface area contributed by atoms with E-state index >= 15 is 0 Å². The van der Waals surface area contributed by atoms with Crippen LogP contribution in [0.25, 0.3) is 0 Å². The fraction of sp³-hybridized carbons (Fsp3) is 0.917. The summed E-state index contributed by atoms with van der Waals surface area (Å²) in [6.07, 6.45) is 8.31. The molecule has 0 aliphatic heterocycles. The van der Waals surface area contributed by atoms with Crippen molar-refractivity contribution in [3.05, 3.63) is 0 Å². The van der Waals surface area contributed by atoms with Gasteiger partial charge in [-0.1, -0.05) is 25.7 Å². The van der Waals surface area contributed by atoms with E-state index in [9.17, 15) is 9.90 Å². The van der Waals surface area contributed by atoms with E-state index in [2.05, 4.69) is 0 Å². The van der Waals surface area contributed by atoms with Crippen molar-refractivity contribution in [1.82, 2.24) is 0 Å². The Balaban J connectivity index is 1.92. The maximum absolute atomic E-state index is 12.1. The highest BCUT2D eigenvalue weighted by molar-refractivity contribution is 5.84. The minimum absolute atomic E-state index is 0.0156. The molecule has 2 aliphatic carbocycles. The number of ketones is 1. The third-order valence-corrected chi connectivity index (χ3v) is 3.85. The normalized spacial score (nSPS) is 34.6. The molecule has 2 nitrogen and oxygen atoms in total. The third kappa shape index (κ3) is 2.00. The highest BCUT2D eigenvalue weighted by atomic mass is 16.3. The topological polar surface area (TPSA) is 37.3 Å². The Kier molecular flexibility index (Phi) is 3.22. The number of hydrogen-bond donors (Lipinski definition) is 1. The molecular weight excluding hydrogens is 176 g/mol. The van der Waals surface area contributed by atoms with E-state index in [1.165, 1.54) is 19.3 Å². The van der Waals surface area contributed by atoms with Crippen LogP contribution in [0, 0.1) is 11.8 Å². The third-order valence-electron chi connectivity index (χ3n) is 3.85. The van der Waals surface area contributed by atoms with Gasteiger partial charge in [0.1, 0.15) is 5.78 Å². The van der Waals surface area contributed by atoms with Gasteiger partial charge in [-0.25, -0.2) is 0 Å². The van der Waals surface area contributed by atoms with Crippen molar-refractivity contribution in [2.75, 3.05) is 0 Å². The van der Waals surface area contributed by atoms with Gasteiger partial charge in [0.25, 0.3) is 0 Å². The summed E-state index contributed by atoms with van der Waals surface area (Å²) < 4.78 is 0. The summed E-state index contributed by atoms with van der Waals surface area (Å²) in [6, 6.07) is 0. The number of aliphatic hydroxyl groups is 1. The van der Waals surface area contributed by atoms with Gasteiger partial charge in [0.15, 0.2) is 0 Å². The van der Waals surface area contributed by atoms with Crippen molar-refractivity contribution < 1.29 is 9.90 Å². The monoisotopic (exact) mass is 196 g/mol. The minimum atomic E-state index is -0.329. The lowest BCUT2D eigenvalue weighted by atomic mass is 9.80. The first-order valence-electron chi connectivity index (χ1n) is 6.01. The number of carbonyl (C=O) groups excluding carboxylic acids is 1. The van der Waals surface area contributed by atoms with Crippen LogP contribution in [-0.4, -0.2) is 17.0 Å². The van der Waals surface area contributed by atoms with E-state index < -0.39 is 0 Å². The van der Waals surface area contributed by atoms with Crippen molar-refractivity contribution in [3.8, 4) is 0 Å². The molecule has 0 amide bonds. The molecule has 0 unspecified atom stereocenters. The maximum Gasteiger partial charge on any atom is 0.141 e. The van der Waals surface area contributed by atoms with Gasteiger partial charge in [-0.15, -0.1) is 0 Å². The minimum Gasteiger partial charge on any atom is -0.392 e. The molecule has 0 heterocycles. The van der Waals surface area contributed by atoms with Crippen LogP contribution in [0.1, 0.15) is 51.4 Å². The van der Waals surface area contributed by atoms with E-state index in [1.807, 2.05) is 0 Å². The molecule has 2 atom stereocenters. The zero-order valence-electron chi connectivity index (χ0n) is 8.74. The van der Waals surface area contributed by atoms with Gasteiger partial charge in [0.2, 0.25) is 0 Å². The van der Waals surface area contributed by atoms with Crippen molar-refractivity contribution in [1.29, 1.82) is 0 Å². The number of carbonyl (C=O) groups is 1. The van der Waals surface area contributed by atoms with Gasteiger partial charge < -0.3 is 5.11 Å². The van der Waals surface area contributed by atoms with Crippen molar-refractivity contribution >= 4 is 5.78 Å². The molecule has 0 aromatic rings. The summed E-state index contributed by atoms with van der Waals surface area (Å²) in [6.45, 7) is 0. The highest BCUT2D eigenvalue weighted by Gasteiger charge is 2.35. The summed E-state index contributed by atoms with van der Waals surface area (Å²) >= 11 is 0. The number of rotatable bonds is 2. The van der Waals surface area contributed by atoms with Crippen LogP contribution in [-0.2, 0) is 4.79 Å². The Hall–Kier alpha value is -0.370. The molecule has 0 bridgehead atoms. The first-order valence-corrected chi connectivity index (χ1v) is 6.01. The predicted molar refractivity (Wildman–Crippen MR) is 54.9 cm³/mol. The molecule has 0 radical (unpaired) electrons. The molecule has 0 aromatic heterocycles. The summed E-state index contributed by atoms with van der Waals surface area (Å²) in [5, 5.41) is 9.67. The largest absolute Gasteiger partial charge is 0.392 e. The summed E-state index contributed by atoms with van der Waals surface area (Å²) in [5.41, 5.74) is 0. The van der Waals surface area contributed by atoms with Crippen LogP contribution in [0.15, 0.2) is 0 Å². The lowest BCUT2D eigenvalue weighted by Gasteiger charge is -2.24. The van der Waals surface area contributed by atoms with Crippen molar-refractivity contribution in [3.63, 3.8) is 0 Å². The van der Waals surface area contributed by atoms with Crippen LogP contribution in [0.4, 0.5) is 0 Å². The molecule has 0 aromatic carbocycles. The fourth-order valence-electron chi connectivity index (χ4n) is 2.96. The van der Waals surface area contributed by atoms with Gasteiger partial charge in [-0.3, -0.25) is 4.79 Å². The van der Waals surface area contributed by atoms with E-state index in [4.69, 9.17) is 0 Å². The van der Waals surface area contributed by atoms with Gasteiger partial charge in [0.05, 0.1) is 6.10 Å². The molecule has 2 fully saturated rings.